The van der Waals surface area contributed by atoms with Gasteiger partial charge in [-0.05, 0) is 12.8 Å². The first-order valence-electron chi connectivity index (χ1n) is 8.34. The summed E-state index contributed by atoms with van der Waals surface area (Å²) in [6.07, 6.45) is 15.4. The SMILES string of the molecule is CCCCCCCCCCCCSC1=NCCCN1.Cl. The maximum atomic E-state index is 4.48. The van der Waals surface area contributed by atoms with E-state index in [-0.39, 0.29) is 12.4 Å². The van der Waals surface area contributed by atoms with Crippen LogP contribution in [0.4, 0.5) is 0 Å². The molecule has 0 unspecified atom stereocenters. The molecule has 0 aromatic carbocycles. The van der Waals surface area contributed by atoms with Crippen LogP contribution in [0, 0.1) is 0 Å². The third-order valence-electron chi connectivity index (χ3n) is 3.60. The van der Waals surface area contributed by atoms with Crippen LogP contribution in [-0.2, 0) is 0 Å². The fraction of sp³-hybridized carbons (Fsp3) is 0.938. The molecule has 4 heteroatoms. The monoisotopic (exact) mass is 320 g/mol. The Morgan fingerprint density at radius 3 is 2.10 bits per heavy atom. The van der Waals surface area contributed by atoms with E-state index in [1.165, 1.54) is 81.5 Å². The molecule has 0 fully saturated rings. The van der Waals surface area contributed by atoms with Crippen molar-refractivity contribution in [2.75, 3.05) is 18.8 Å². The van der Waals surface area contributed by atoms with Crippen LogP contribution in [0.5, 0.6) is 0 Å². The summed E-state index contributed by atoms with van der Waals surface area (Å²) in [4.78, 5) is 4.48. The molecule has 0 atom stereocenters. The standard InChI is InChI=1S/C16H32N2S.ClH/c1-2-3-4-5-6-7-8-9-10-11-15-19-16-17-13-12-14-18-16;/h2-15H2,1H3,(H,17,18);1H. The molecule has 1 heterocycles. The summed E-state index contributed by atoms with van der Waals surface area (Å²) in [5.41, 5.74) is 0. The van der Waals surface area contributed by atoms with Crippen molar-refractivity contribution < 1.29 is 0 Å². The van der Waals surface area contributed by atoms with Crippen molar-refractivity contribution in [3.05, 3.63) is 0 Å². The topological polar surface area (TPSA) is 24.4 Å². The maximum absolute atomic E-state index is 4.48. The molecule has 20 heavy (non-hydrogen) atoms. The average molecular weight is 321 g/mol. The van der Waals surface area contributed by atoms with E-state index >= 15 is 0 Å². The highest BCUT2D eigenvalue weighted by atomic mass is 35.5. The van der Waals surface area contributed by atoms with Gasteiger partial charge in [-0.25, -0.2) is 0 Å². The van der Waals surface area contributed by atoms with Crippen LogP contribution in [0.15, 0.2) is 4.99 Å². The molecule has 0 amide bonds. The van der Waals surface area contributed by atoms with Crippen LogP contribution >= 0.6 is 24.2 Å². The molecule has 0 aromatic heterocycles. The van der Waals surface area contributed by atoms with E-state index < -0.39 is 0 Å². The number of amidine groups is 1. The summed E-state index contributed by atoms with van der Waals surface area (Å²) in [7, 11) is 0. The van der Waals surface area contributed by atoms with Gasteiger partial charge in [-0.3, -0.25) is 4.99 Å². The molecular formula is C16H33ClN2S. The molecule has 0 radical (unpaired) electrons. The normalized spacial score (nSPS) is 14.3. The Morgan fingerprint density at radius 2 is 1.55 bits per heavy atom. The van der Waals surface area contributed by atoms with Gasteiger partial charge < -0.3 is 5.32 Å². The zero-order valence-corrected chi connectivity index (χ0v) is 14.8. The molecule has 1 aliphatic rings. The lowest BCUT2D eigenvalue weighted by Gasteiger charge is -2.13. The van der Waals surface area contributed by atoms with E-state index in [0.29, 0.717) is 0 Å². The molecule has 0 spiro atoms. The van der Waals surface area contributed by atoms with Crippen molar-refractivity contribution >= 4 is 29.3 Å². The maximum Gasteiger partial charge on any atom is 0.156 e. The Balaban J connectivity index is 0.00000361. The first-order chi connectivity index (χ1) is 9.43. The lowest BCUT2D eigenvalue weighted by molar-refractivity contribution is 0.563. The molecule has 0 aliphatic carbocycles. The third-order valence-corrected chi connectivity index (χ3v) is 4.64. The number of halogens is 1. The average Bonchev–Trinajstić information content (AvgIpc) is 2.46. The second-order valence-corrected chi connectivity index (χ2v) is 6.58. The van der Waals surface area contributed by atoms with Gasteiger partial charge in [-0.1, -0.05) is 76.5 Å². The van der Waals surface area contributed by atoms with E-state index in [9.17, 15) is 0 Å². The largest absolute Gasteiger partial charge is 0.365 e. The van der Waals surface area contributed by atoms with Crippen molar-refractivity contribution in [3.63, 3.8) is 0 Å². The molecule has 1 rings (SSSR count). The third kappa shape index (κ3) is 11.9. The number of nitrogens with zero attached hydrogens (tertiary/aromatic N) is 1. The van der Waals surface area contributed by atoms with Crippen LogP contribution in [0.25, 0.3) is 0 Å². The summed E-state index contributed by atoms with van der Waals surface area (Å²) in [6, 6.07) is 0. The molecule has 120 valence electrons. The van der Waals surface area contributed by atoms with Gasteiger partial charge in [0.2, 0.25) is 0 Å². The van der Waals surface area contributed by atoms with E-state index in [0.717, 1.165) is 13.1 Å². The van der Waals surface area contributed by atoms with Gasteiger partial charge in [-0.15, -0.1) is 12.4 Å². The summed E-state index contributed by atoms with van der Waals surface area (Å²) < 4.78 is 0. The van der Waals surface area contributed by atoms with Gasteiger partial charge in [0.05, 0.1) is 0 Å². The van der Waals surface area contributed by atoms with Crippen LogP contribution < -0.4 is 5.32 Å². The van der Waals surface area contributed by atoms with Crippen LogP contribution in [0.2, 0.25) is 0 Å². The molecule has 0 bridgehead atoms. The first kappa shape index (κ1) is 20.1. The highest BCUT2D eigenvalue weighted by molar-refractivity contribution is 8.13. The van der Waals surface area contributed by atoms with E-state index in [1.807, 2.05) is 11.8 Å². The minimum absolute atomic E-state index is 0. The van der Waals surface area contributed by atoms with Crippen LogP contribution in [-0.4, -0.2) is 24.0 Å². The Hall–Kier alpha value is 0.110. The summed E-state index contributed by atoms with van der Waals surface area (Å²) in [6.45, 7) is 4.42. The Kier molecular flexibility index (Phi) is 15.6. The Bertz CT molecular complexity index is 235. The lowest BCUT2D eigenvalue weighted by atomic mass is 10.1. The van der Waals surface area contributed by atoms with Crippen molar-refractivity contribution in [1.29, 1.82) is 0 Å². The van der Waals surface area contributed by atoms with Gasteiger partial charge in [0.25, 0.3) is 0 Å². The molecule has 0 saturated carbocycles. The predicted molar refractivity (Wildman–Crippen MR) is 96.5 cm³/mol. The summed E-state index contributed by atoms with van der Waals surface area (Å²) >= 11 is 1.91. The molecule has 2 nitrogen and oxygen atoms in total. The highest BCUT2D eigenvalue weighted by Crippen LogP contribution is 2.13. The minimum atomic E-state index is 0. The predicted octanol–water partition coefficient (Wildman–Crippen LogP) is 5.41. The number of hydrogen-bond donors (Lipinski definition) is 1. The van der Waals surface area contributed by atoms with Gasteiger partial charge in [0.15, 0.2) is 5.17 Å². The van der Waals surface area contributed by atoms with Crippen molar-refractivity contribution in [3.8, 4) is 0 Å². The van der Waals surface area contributed by atoms with E-state index in [1.54, 1.807) is 0 Å². The van der Waals surface area contributed by atoms with E-state index in [2.05, 4.69) is 17.2 Å². The van der Waals surface area contributed by atoms with Crippen LogP contribution in [0.3, 0.4) is 0 Å². The number of rotatable bonds is 11. The molecule has 0 aromatic rings. The number of hydrogen-bond acceptors (Lipinski definition) is 3. The van der Waals surface area contributed by atoms with Gasteiger partial charge in [0.1, 0.15) is 0 Å². The fourth-order valence-electron chi connectivity index (χ4n) is 2.37. The van der Waals surface area contributed by atoms with Crippen molar-refractivity contribution in [1.82, 2.24) is 5.32 Å². The molecule has 1 N–H and O–H groups in total. The van der Waals surface area contributed by atoms with Gasteiger partial charge in [0, 0.05) is 18.8 Å². The Labute approximate surface area is 136 Å². The quantitative estimate of drug-likeness (QED) is 0.515. The second kappa shape index (κ2) is 15.5. The number of unbranched alkanes of at least 4 members (excludes halogenated alkanes) is 9. The number of nitrogens with one attached hydrogen (secondary N) is 1. The van der Waals surface area contributed by atoms with Crippen LogP contribution in [0.1, 0.15) is 77.6 Å². The highest BCUT2D eigenvalue weighted by Gasteiger charge is 2.03. The van der Waals surface area contributed by atoms with Gasteiger partial charge >= 0.3 is 0 Å². The zero-order valence-electron chi connectivity index (χ0n) is 13.2. The van der Waals surface area contributed by atoms with E-state index in [4.69, 9.17) is 0 Å². The number of thioether (sulfide) groups is 1. The Morgan fingerprint density at radius 1 is 0.950 bits per heavy atom. The lowest BCUT2D eigenvalue weighted by Crippen LogP contribution is -2.26. The van der Waals surface area contributed by atoms with Crippen molar-refractivity contribution in [2.45, 2.75) is 77.6 Å². The smallest absolute Gasteiger partial charge is 0.156 e. The summed E-state index contributed by atoms with van der Waals surface area (Å²) in [5.74, 6) is 1.24. The molecular weight excluding hydrogens is 288 g/mol. The van der Waals surface area contributed by atoms with Gasteiger partial charge in [-0.2, -0.15) is 0 Å². The summed E-state index contributed by atoms with van der Waals surface area (Å²) in [5, 5.41) is 4.55. The molecule has 1 aliphatic heterocycles. The molecule has 0 saturated heterocycles. The van der Waals surface area contributed by atoms with Crippen molar-refractivity contribution in [2.24, 2.45) is 4.99 Å². The number of aliphatic imine (C=N–C) groups is 1. The second-order valence-electron chi connectivity index (χ2n) is 5.50. The zero-order chi connectivity index (χ0) is 13.6. The first-order valence-corrected chi connectivity index (χ1v) is 9.33. The fourth-order valence-corrected chi connectivity index (χ4v) is 3.29. The minimum Gasteiger partial charge on any atom is -0.365 e.